The molecule has 0 bridgehead atoms. The van der Waals surface area contributed by atoms with Crippen molar-refractivity contribution in [3.63, 3.8) is 0 Å². The monoisotopic (exact) mass is 167 g/mol. The maximum absolute atomic E-state index is 5.89. The Morgan fingerprint density at radius 1 is 0.846 bits per heavy atom. The van der Waals surface area contributed by atoms with Gasteiger partial charge in [-0.25, -0.2) is 0 Å². The summed E-state index contributed by atoms with van der Waals surface area (Å²) in [6.07, 6.45) is 4.27. The molecule has 0 aliphatic heterocycles. The summed E-state index contributed by atoms with van der Waals surface area (Å²) in [5.41, 5.74) is 9.31. The molecule has 13 heavy (non-hydrogen) atoms. The van der Waals surface area contributed by atoms with E-state index in [2.05, 4.69) is 30.4 Å². The van der Waals surface area contributed by atoms with Crippen molar-refractivity contribution in [2.45, 2.75) is 0 Å². The smallest absolute Gasteiger partial charge is 0.0394 e. The molecule has 62 valence electrons. The Morgan fingerprint density at radius 3 is 2.46 bits per heavy atom. The number of nitrogens with two attached hydrogens (primary N) is 1. The standard InChI is InChI=1S/C12H9N/c13-11-7-6-9-5-4-8-2-1-3-10(11)12(8)9/h1-7H,13H2. The third kappa shape index (κ3) is 0.760. The Hall–Kier alpha value is -1.76. The number of anilines is 1. The predicted molar refractivity (Wildman–Crippen MR) is 57.3 cm³/mol. The van der Waals surface area contributed by atoms with Crippen LogP contribution in [0.15, 0.2) is 30.3 Å². The maximum atomic E-state index is 5.89. The van der Waals surface area contributed by atoms with E-state index in [1.165, 1.54) is 21.9 Å². The van der Waals surface area contributed by atoms with Crippen LogP contribution >= 0.6 is 0 Å². The van der Waals surface area contributed by atoms with Gasteiger partial charge in [-0.15, -0.1) is 0 Å². The third-order valence-corrected chi connectivity index (χ3v) is 2.58. The summed E-state index contributed by atoms with van der Waals surface area (Å²) in [5.74, 6) is 0. The first-order valence-electron chi connectivity index (χ1n) is 4.35. The van der Waals surface area contributed by atoms with Crippen LogP contribution in [0.3, 0.4) is 0 Å². The second-order valence-corrected chi connectivity index (χ2v) is 3.35. The molecule has 2 aromatic rings. The average molecular weight is 167 g/mol. The fourth-order valence-electron chi connectivity index (χ4n) is 1.94. The zero-order valence-corrected chi connectivity index (χ0v) is 7.12. The van der Waals surface area contributed by atoms with Crippen molar-refractivity contribution in [3.05, 3.63) is 41.5 Å². The molecular weight excluding hydrogens is 158 g/mol. The zero-order valence-electron chi connectivity index (χ0n) is 7.12. The largest absolute Gasteiger partial charge is 0.398 e. The van der Waals surface area contributed by atoms with Crippen molar-refractivity contribution in [1.82, 2.24) is 0 Å². The SMILES string of the molecule is Nc1ccc2c3c(cccc13)C=C2. The molecule has 1 aliphatic carbocycles. The van der Waals surface area contributed by atoms with Gasteiger partial charge in [-0.1, -0.05) is 36.4 Å². The lowest BCUT2D eigenvalue weighted by Gasteiger charge is -2.04. The topological polar surface area (TPSA) is 26.0 Å². The van der Waals surface area contributed by atoms with E-state index in [1.807, 2.05) is 12.1 Å². The molecule has 0 aromatic heterocycles. The van der Waals surface area contributed by atoms with E-state index in [1.54, 1.807) is 0 Å². The van der Waals surface area contributed by atoms with Gasteiger partial charge in [0.25, 0.3) is 0 Å². The molecule has 0 spiro atoms. The first kappa shape index (κ1) is 6.72. The zero-order chi connectivity index (χ0) is 8.84. The number of hydrogen-bond acceptors (Lipinski definition) is 1. The molecule has 0 saturated heterocycles. The van der Waals surface area contributed by atoms with Crippen LogP contribution in [-0.4, -0.2) is 0 Å². The van der Waals surface area contributed by atoms with Gasteiger partial charge in [-0.2, -0.15) is 0 Å². The fraction of sp³-hybridized carbons (Fsp3) is 0. The van der Waals surface area contributed by atoms with Crippen LogP contribution in [0.25, 0.3) is 22.9 Å². The van der Waals surface area contributed by atoms with E-state index >= 15 is 0 Å². The molecule has 2 N–H and O–H groups in total. The van der Waals surface area contributed by atoms with Crippen LogP contribution in [0, 0.1) is 0 Å². The van der Waals surface area contributed by atoms with Gasteiger partial charge in [0.05, 0.1) is 0 Å². The minimum Gasteiger partial charge on any atom is -0.398 e. The highest BCUT2D eigenvalue weighted by Gasteiger charge is 2.09. The molecule has 0 amide bonds. The fourth-order valence-corrected chi connectivity index (χ4v) is 1.94. The van der Waals surface area contributed by atoms with E-state index in [4.69, 9.17) is 5.73 Å². The number of benzene rings is 2. The van der Waals surface area contributed by atoms with Crippen molar-refractivity contribution in [3.8, 4) is 0 Å². The van der Waals surface area contributed by atoms with Crippen LogP contribution in [0.4, 0.5) is 5.69 Å². The average Bonchev–Trinajstić information content (AvgIpc) is 2.57. The normalized spacial score (nSPS) is 12.6. The molecule has 0 saturated carbocycles. The van der Waals surface area contributed by atoms with Gasteiger partial charge in [-0.05, 0) is 22.6 Å². The Labute approximate surface area is 76.5 Å². The van der Waals surface area contributed by atoms with Crippen molar-refractivity contribution >= 4 is 28.6 Å². The Balaban J connectivity index is 2.63. The molecule has 0 heterocycles. The summed E-state index contributed by atoms with van der Waals surface area (Å²) in [4.78, 5) is 0. The van der Waals surface area contributed by atoms with Gasteiger partial charge < -0.3 is 5.73 Å². The van der Waals surface area contributed by atoms with Crippen LogP contribution < -0.4 is 5.73 Å². The van der Waals surface area contributed by atoms with Crippen molar-refractivity contribution in [2.75, 3.05) is 5.73 Å². The second kappa shape index (κ2) is 2.13. The van der Waals surface area contributed by atoms with Crippen LogP contribution in [-0.2, 0) is 0 Å². The highest BCUT2D eigenvalue weighted by molar-refractivity contribution is 6.08. The number of nitrogen functional groups attached to an aromatic ring is 1. The van der Waals surface area contributed by atoms with Gasteiger partial charge in [0, 0.05) is 11.1 Å². The first-order valence-corrected chi connectivity index (χ1v) is 4.35. The van der Waals surface area contributed by atoms with Gasteiger partial charge in [0.2, 0.25) is 0 Å². The first-order chi connectivity index (χ1) is 6.36. The Morgan fingerprint density at radius 2 is 1.62 bits per heavy atom. The maximum Gasteiger partial charge on any atom is 0.0394 e. The molecule has 0 atom stereocenters. The Bertz CT molecular complexity index is 512. The van der Waals surface area contributed by atoms with Crippen molar-refractivity contribution in [1.29, 1.82) is 0 Å². The lowest BCUT2D eigenvalue weighted by Crippen LogP contribution is -1.87. The molecule has 3 rings (SSSR count). The molecule has 0 fully saturated rings. The lowest BCUT2D eigenvalue weighted by atomic mass is 10.0. The van der Waals surface area contributed by atoms with Crippen molar-refractivity contribution in [2.24, 2.45) is 0 Å². The van der Waals surface area contributed by atoms with Gasteiger partial charge in [0.15, 0.2) is 0 Å². The summed E-state index contributed by atoms with van der Waals surface area (Å²) in [5, 5.41) is 2.46. The molecule has 1 aliphatic rings. The predicted octanol–water partition coefficient (Wildman–Crippen LogP) is 2.91. The van der Waals surface area contributed by atoms with Crippen LogP contribution in [0.1, 0.15) is 11.1 Å². The van der Waals surface area contributed by atoms with E-state index in [-0.39, 0.29) is 0 Å². The minimum absolute atomic E-state index is 0.865. The van der Waals surface area contributed by atoms with E-state index in [0.29, 0.717) is 0 Å². The van der Waals surface area contributed by atoms with Crippen LogP contribution in [0.2, 0.25) is 0 Å². The van der Waals surface area contributed by atoms with E-state index < -0.39 is 0 Å². The van der Waals surface area contributed by atoms with Gasteiger partial charge >= 0.3 is 0 Å². The van der Waals surface area contributed by atoms with Crippen LogP contribution in [0.5, 0.6) is 0 Å². The summed E-state index contributed by atoms with van der Waals surface area (Å²) < 4.78 is 0. The number of rotatable bonds is 0. The molecule has 1 heteroatoms. The highest BCUT2D eigenvalue weighted by Crippen LogP contribution is 2.33. The minimum atomic E-state index is 0.865. The van der Waals surface area contributed by atoms with Gasteiger partial charge in [-0.3, -0.25) is 0 Å². The second-order valence-electron chi connectivity index (χ2n) is 3.35. The molecule has 0 radical (unpaired) electrons. The third-order valence-electron chi connectivity index (χ3n) is 2.58. The summed E-state index contributed by atoms with van der Waals surface area (Å²) in [7, 11) is 0. The quantitative estimate of drug-likeness (QED) is 0.512. The molecule has 0 unspecified atom stereocenters. The van der Waals surface area contributed by atoms with E-state index in [0.717, 1.165) is 5.69 Å². The van der Waals surface area contributed by atoms with E-state index in [9.17, 15) is 0 Å². The summed E-state index contributed by atoms with van der Waals surface area (Å²) in [6, 6.07) is 10.3. The summed E-state index contributed by atoms with van der Waals surface area (Å²) in [6.45, 7) is 0. The lowest BCUT2D eigenvalue weighted by molar-refractivity contribution is 1.70. The molecule has 2 aromatic carbocycles. The number of hydrogen-bond donors (Lipinski definition) is 1. The van der Waals surface area contributed by atoms with Crippen molar-refractivity contribution < 1.29 is 0 Å². The van der Waals surface area contributed by atoms with Gasteiger partial charge in [0.1, 0.15) is 0 Å². The molecule has 1 nitrogen and oxygen atoms in total. The highest BCUT2D eigenvalue weighted by atomic mass is 14.5. The summed E-state index contributed by atoms with van der Waals surface area (Å²) >= 11 is 0. The Kier molecular flexibility index (Phi) is 1.10. The molecular formula is C12H9N.